The summed E-state index contributed by atoms with van der Waals surface area (Å²) in [6.45, 7) is -0.607. The van der Waals surface area contributed by atoms with E-state index in [1.54, 1.807) is 42.6 Å². The van der Waals surface area contributed by atoms with Crippen LogP contribution in [0.5, 0.6) is 23.0 Å². The van der Waals surface area contributed by atoms with E-state index < -0.39 is 83.2 Å². The zero-order valence-electron chi connectivity index (χ0n) is 31.7. The minimum atomic E-state index is -3.14. The minimum Gasteiger partial charge on any atom is -0.508 e. The summed E-state index contributed by atoms with van der Waals surface area (Å²) >= 11 is 0. The molecule has 3 aromatic rings. The second-order valence-electron chi connectivity index (χ2n) is 15.8. The number of rotatable bonds is 10. The first-order chi connectivity index (χ1) is 28.2. The highest BCUT2D eigenvalue weighted by atomic mass is 16.8. The number of aliphatic hydroxyl groups is 5. The molecule has 3 aliphatic heterocycles. The van der Waals surface area contributed by atoms with Gasteiger partial charge < -0.3 is 55.4 Å². The van der Waals surface area contributed by atoms with Gasteiger partial charge in [-0.1, -0.05) is 55.7 Å². The van der Waals surface area contributed by atoms with Crippen LogP contribution in [-0.2, 0) is 26.2 Å². The highest BCUT2D eigenvalue weighted by Gasteiger charge is 2.66. The Bertz CT molecular complexity index is 2280. The van der Waals surface area contributed by atoms with Crippen LogP contribution < -0.4 is 9.64 Å². The smallest absolute Gasteiger partial charge is 0.355 e. The summed E-state index contributed by atoms with van der Waals surface area (Å²) < 4.78 is 10.9. The van der Waals surface area contributed by atoms with Gasteiger partial charge in [-0.05, 0) is 60.2 Å². The number of fused-ring (bicyclic) bond motifs is 3. The molecule has 2 fully saturated rings. The zero-order chi connectivity index (χ0) is 41.9. The number of aromatic hydroxyl groups is 3. The van der Waals surface area contributed by atoms with Crippen molar-refractivity contribution in [1.29, 1.82) is 0 Å². The Kier molecular flexibility index (Phi) is 10.3. The van der Waals surface area contributed by atoms with E-state index in [0.29, 0.717) is 41.9 Å². The third-order valence-corrected chi connectivity index (χ3v) is 12.5. The number of phenolic OH excluding ortho intramolecular Hbond substituents is 3. The fraction of sp³-hybridized carbons (Fsp3) is 0.395. The van der Waals surface area contributed by atoms with Crippen LogP contribution in [0.3, 0.4) is 0 Å². The summed E-state index contributed by atoms with van der Waals surface area (Å²) in [5.41, 5.74) is -0.354. The van der Waals surface area contributed by atoms with Crippen LogP contribution in [0.25, 0.3) is 6.08 Å². The Balaban J connectivity index is 1.25. The summed E-state index contributed by atoms with van der Waals surface area (Å²) in [4.78, 5) is 38.1. The number of aliphatic imine (C=N–C) groups is 2. The normalized spacial score (nSPS) is 30.7. The van der Waals surface area contributed by atoms with Crippen molar-refractivity contribution in [3.8, 4) is 23.0 Å². The number of para-hydroxylation sites is 1. The maximum absolute atomic E-state index is 14.7. The number of phenols is 3. The first-order valence-corrected chi connectivity index (χ1v) is 19.4. The summed E-state index contributed by atoms with van der Waals surface area (Å²) in [6, 6.07) is 14.0. The maximum atomic E-state index is 14.7. The summed E-state index contributed by atoms with van der Waals surface area (Å²) in [5.74, 6) is -8.18. The van der Waals surface area contributed by atoms with Crippen LogP contribution in [0.2, 0.25) is 0 Å². The van der Waals surface area contributed by atoms with Crippen molar-refractivity contribution < 1.29 is 65.0 Å². The number of ether oxygens (including phenoxy) is 2. The van der Waals surface area contributed by atoms with Crippen LogP contribution in [0.15, 0.2) is 82.8 Å². The number of aliphatic carboxylic acids is 1. The van der Waals surface area contributed by atoms with Crippen molar-refractivity contribution in [2.75, 3.05) is 18.2 Å². The summed E-state index contributed by atoms with van der Waals surface area (Å²) in [7, 11) is 0. The molecule has 310 valence electrons. The van der Waals surface area contributed by atoms with E-state index in [1.165, 1.54) is 30.4 Å². The monoisotopic (exact) mass is 811 g/mol. The highest BCUT2D eigenvalue weighted by Crippen LogP contribution is 2.64. The van der Waals surface area contributed by atoms with E-state index >= 15 is 0 Å². The van der Waals surface area contributed by atoms with Gasteiger partial charge in [0.25, 0.3) is 5.91 Å². The summed E-state index contributed by atoms with van der Waals surface area (Å²) in [5, 5.41) is 97.3. The molecule has 0 bridgehead atoms. The van der Waals surface area contributed by atoms with E-state index in [1.807, 2.05) is 6.07 Å². The van der Waals surface area contributed by atoms with Gasteiger partial charge in [0, 0.05) is 47.2 Å². The molecule has 0 unspecified atom stereocenters. The number of carboxylic acid groups (broad SMARTS) is 1. The van der Waals surface area contributed by atoms with E-state index in [9.17, 15) is 55.5 Å². The molecule has 3 heterocycles. The number of hydrogen-bond donors (Lipinski definition) is 9. The van der Waals surface area contributed by atoms with E-state index in [-0.39, 0.29) is 29.2 Å². The molecule has 59 heavy (non-hydrogen) atoms. The van der Waals surface area contributed by atoms with Gasteiger partial charge in [0.15, 0.2) is 23.1 Å². The van der Waals surface area contributed by atoms with Crippen LogP contribution in [0.4, 0.5) is 5.69 Å². The molecular weight excluding hydrogens is 766 g/mol. The number of amides is 1. The molecule has 1 amide bonds. The number of hydrogen-bond acceptors (Lipinski definition) is 14. The van der Waals surface area contributed by atoms with Gasteiger partial charge in [-0.3, -0.25) is 19.7 Å². The third-order valence-electron chi connectivity index (χ3n) is 12.5. The van der Waals surface area contributed by atoms with E-state index in [4.69, 9.17) is 9.47 Å². The molecule has 0 aromatic heterocycles. The Morgan fingerprint density at radius 1 is 0.949 bits per heavy atom. The van der Waals surface area contributed by atoms with E-state index in [2.05, 4.69) is 9.98 Å². The average Bonchev–Trinajstić information content (AvgIpc) is 3.95. The predicted molar refractivity (Wildman–Crippen MR) is 211 cm³/mol. The van der Waals surface area contributed by atoms with Gasteiger partial charge >= 0.3 is 11.9 Å². The van der Waals surface area contributed by atoms with Crippen molar-refractivity contribution in [2.45, 2.75) is 85.8 Å². The molecule has 8 rings (SSSR count). The topological polar surface area (TPSA) is 263 Å². The minimum absolute atomic E-state index is 0.00856. The lowest BCUT2D eigenvalue weighted by molar-refractivity contribution is -0.422. The molecule has 8 atom stereocenters. The average molecular weight is 812 g/mol. The quantitative estimate of drug-likeness (QED) is 0.0811. The van der Waals surface area contributed by atoms with E-state index in [0.717, 1.165) is 30.2 Å². The molecule has 16 heteroatoms. The second kappa shape index (κ2) is 15.2. The maximum Gasteiger partial charge on any atom is 0.355 e. The number of aliphatic hydroxyl groups excluding tert-OH is 4. The first-order valence-electron chi connectivity index (χ1n) is 19.4. The van der Waals surface area contributed by atoms with Crippen LogP contribution >= 0.6 is 0 Å². The van der Waals surface area contributed by atoms with Crippen LogP contribution in [0, 0.1) is 5.92 Å². The molecule has 0 spiro atoms. The number of carbonyl (C=O) groups excluding carboxylic acids is 1. The molecule has 0 radical (unpaired) electrons. The number of benzene rings is 3. The number of nitrogens with zero attached hydrogens (tertiary/aromatic N) is 3. The molecule has 16 nitrogen and oxygen atoms in total. The fourth-order valence-electron chi connectivity index (χ4n) is 9.72. The van der Waals surface area contributed by atoms with Gasteiger partial charge in [-0.25, -0.2) is 4.79 Å². The molecule has 2 aliphatic carbocycles. The van der Waals surface area contributed by atoms with Crippen LogP contribution in [-0.4, -0.2) is 119 Å². The number of allylic oxidation sites excluding steroid dienone is 1. The summed E-state index contributed by atoms with van der Waals surface area (Å²) in [6.07, 6.45) is 3.64. The molecule has 1 saturated carbocycles. The van der Waals surface area contributed by atoms with Crippen molar-refractivity contribution in [3.05, 3.63) is 95.1 Å². The SMILES string of the molecule is O=C(C=Cc1ccc(O)c(CC2=NCN=C2)c1)N1c2cc(O[C@@]3(O)O[C@H](CO)[C@@H](O)[C@H](O)[C@H]3O)c(O)cc2[C@H]2[C@@H](C3(c4ccccc4O)CCCCC3)C=C[C@@]21C(=O)O. The Morgan fingerprint density at radius 3 is 2.41 bits per heavy atom. The van der Waals surface area contributed by atoms with Crippen molar-refractivity contribution in [1.82, 2.24) is 0 Å². The van der Waals surface area contributed by atoms with Gasteiger partial charge in [0.2, 0.25) is 0 Å². The van der Waals surface area contributed by atoms with Crippen LogP contribution in [0.1, 0.15) is 60.3 Å². The van der Waals surface area contributed by atoms with Crippen molar-refractivity contribution >= 4 is 35.6 Å². The lowest BCUT2D eigenvalue weighted by Crippen LogP contribution is -2.67. The number of carboxylic acids is 1. The standard InChI is InChI=1S/C43H45N3O13/c47-21-34-37(52)38(53)39(54)43(57,59-34)58-33-19-29-26(18-32(33)50)36-28(41(13-4-1-5-14-41)27-6-2-3-7-31(27)49)12-15-42(36,40(55)56)46(29)35(51)11-9-23-8-10-30(48)24(16-23)17-25-20-44-22-45-25/h2-3,6-12,15-16,18-20,28,34,36-39,47-50,52-54,57H,1,4-5,13-14,17,21-22H2,(H,55,56)/t28-,34+,36-,37+,38-,39+,42-,43+/m0/s1. The van der Waals surface area contributed by atoms with Gasteiger partial charge in [0.05, 0.1) is 18.0 Å². The molecule has 3 aromatic carbocycles. The largest absolute Gasteiger partial charge is 0.508 e. The van der Waals surface area contributed by atoms with Crippen molar-refractivity contribution in [3.63, 3.8) is 0 Å². The lowest BCUT2D eigenvalue weighted by atomic mass is 9.57. The first kappa shape index (κ1) is 40.2. The third kappa shape index (κ3) is 6.56. The molecule has 9 N–H and O–H groups in total. The molecule has 5 aliphatic rings. The molecular formula is C43H45N3O13. The Hall–Kier alpha value is -5.62. The Labute approximate surface area is 338 Å². The number of anilines is 1. The van der Waals surface area contributed by atoms with Gasteiger partial charge in [0.1, 0.15) is 36.5 Å². The zero-order valence-corrected chi connectivity index (χ0v) is 31.7. The van der Waals surface area contributed by atoms with Gasteiger partial charge in [-0.15, -0.1) is 0 Å². The number of carbonyl (C=O) groups is 2. The van der Waals surface area contributed by atoms with Crippen molar-refractivity contribution in [2.24, 2.45) is 15.9 Å². The van der Waals surface area contributed by atoms with Gasteiger partial charge in [-0.2, -0.15) is 0 Å². The fourth-order valence-corrected chi connectivity index (χ4v) is 9.72. The second-order valence-corrected chi connectivity index (χ2v) is 15.8. The Morgan fingerprint density at radius 2 is 1.71 bits per heavy atom. The predicted octanol–water partition coefficient (Wildman–Crippen LogP) is 2.38. The highest BCUT2D eigenvalue weighted by molar-refractivity contribution is 6.32. The molecule has 1 saturated heterocycles. The lowest BCUT2D eigenvalue weighted by Gasteiger charge is -2.46.